The molecule has 2 N–H and O–H groups in total. The molecule has 0 saturated carbocycles. The van der Waals surface area contributed by atoms with Crippen molar-refractivity contribution in [3.8, 4) is 23.8 Å². The van der Waals surface area contributed by atoms with Crippen LogP contribution in [-0.4, -0.2) is 19.8 Å². The van der Waals surface area contributed by atoms with Crippen molar-refractivity contribution in [3.63, 3.8) is 0 Å². The molecule has 0 fully saturated rings. The first-order chi connectivity index (χ1) is 8.17. The largest absolute Gasteiger partial charge is 0.493 e. The van der Waals surface area contributed by atoms with E-state index in [1.165, 1.54) is 0 Å². The lowest BCUT2D eigenvalue weighted by molar-refractivity contribution is 0.301. The molecule has 17 heavy (non-hydrogen) atoms. The van der Waals surface area contributed by atoms with Crippen LogP contribution < -0.4 is 15.2 Å². The zero-order valence-corrected chi connectivity index (χ0v) is 10.4. The molecule has 0 amide bonds. The summed E-state index contributed by atoms with van der Waals surface area (Å²) in [5.41, 5.74) is 6.90. The van der Waals surface area contributed by atoms with Crippen molar-refractivity contribution in [2.45, 2.75) is 25.8 Å². The molecule has 0 aliphatic heterocycles. The second kappa shape index (κ2) is 6.82. The fraction of sp³-hybridized carbons (Fsp3) is 0.429. The molecule has 3 nitrogen and oxygen atoms in total. The smallest absolute Gasteiger partial charge is 0.161 e. The quantitative estimate of drug-likeness (QED) is 0.603. The van der Waals surface area contributed by atoms with Crippen molar-refractivity contribution in [1.82, 2.24) is 0 Å². The van der Waals surface area contributed by atoms with Gasteiger partial charge in [0.25, 0.3) is 0 Å². The van der Waals surface area contributed by atoms with Crippen molar-refractivity contribution in [3.05, 3.63) is 23.8 Å². The SMILES string of the molecule is C#CCCOc1cc(CC(C)N)ccc1OC. The Morgan fingerprint density at radius 3 is 2.76 bits per heavy atom. The van der Waals surface area contributed by atoms with Gasteiger partial charge >= 0.3 is 0 Å². The summed E-state index contributed by atoms with van der Waals surface area (Å²) in [4.78, 5) is 0. The molecule has 0 radical (unpaired) electrons. The van der Waals surface area contributed by atoms with E-state index in [4.69, 9.17) is 21.6 Å². The Kier molecular flexibility index (Phi) is 5.38. The van der Waals surface area contributed by atoms with Gasteiger partial charge in [-0.05, 0) is 31.0 Å². The Morgan fingerprint density at radius 1 is 1.41 bits per heavy atom. The highest BCUT2D eigenvalue weighted by Crippen LogP contribution is 2.28. The Morgan fingerprint density at radius 2 is 2.18 bits per heavy atom. The van der Waals surface area contributed by atoms with Crippen molar-refractivity contribution >= 4 is 0 Å². The summed E-state index contributed by atoms with van der Waals surface area (Å²) in [5, 5.41) is 0. The maximum atomic E-state index is 5.77. The number of ether oxygens (including phenoxy) is 2. The van der Waals surface area contributed by atoms with Gasteiger partial charge in [0.1, 0.15) is 0 Å². The average molecular weight is 233 g/mol. The molecule has 0 aliphatic rings. The normalized spacial score (nSPS) is 11.6. The van der Waals surface area contributed by atoms with Crippen LogP contribution in [0.4, 0.5) is 0 Å². The number of terminal acetylenes is 1. The van der Waals surface area contributed by atoms with Crippen LogP contribution in [-0.2, 0) is 6.42 Å². The molecular weight excluding hydrogens is 214 g/mol. The van der Waals surface area contributed by atoms with Crippen LogP contribution in [0.2, 0.25) is 0 Å². The van der Waals surface area contributed by atoms with E-state index in [-0.39, 0.29) is 6.04 Å². The van der Waals surface area contributed by atoms with Crippen molar-refractivity contribution in [2.75, 3.05) is 13.7 Å². The maximum Gasteiger partial charge on any atom is 0.161 e. The molecule has 3 heteroatoms. The topological polar surface area (TPSA) is 44.5 Å². The summed E-state index contributed by atoms with van der Waals surface area (Å²) >= 11 is 0. The Bertz CT molecular complexity index is 394. The Hall–Kier alpha value is -1.66. The van der Waals surface area contributed by atoms with E-state index in [1.807, 2.05) is 25.1 Å². The number of benzene rings is 1. The highest BCUT2D eigenvalue weighted by atomic mass is 16.5. The summed E-state index contributed by atoms with van der Waals surface area (Å²) in [6, 6.07) is 5.97. The molecule has 1 aromatic rings. The Balaban J connectivity index is 2.79. The Labute approximate surface area is 103 Å². The molecule has 0 bridgehead atoms. The second-order valence-electron chi connectivity index (χ2n) is 3.97. The molecule has 0 aliphatic carbocycles. The molecule has 1 unspecified atom stereocenters. The third-order valence-electron chi connectivity index (χ3n) is 2.29. The predicted molar refractivity (Wildman–Crippen MR) is 69.3 cm³/mol. The minimum Gasteiger partial charge on any atom is -0.493 e. The van der Waals surface area contributed by atoms with E-state index in [0.29, 0.717) is 13.0 Å². The van der Waals surface area contributed by atoms with Crippen LogP contribution in [0.25, 0.3) is 0 Å². The highest BCUT2D eigenvalue weighted by Gasteiger charge is 2.06. The zero-order valence-electron chi connectivity index (χ0n) is 10.4. The molecule has 0 aromatic heterocycles. The van der Waals surface area contributed by atoms with Crippen LogP contribution in [0.5, 0.6) is 11.5 Å². The fourth-order valence-corrected chi connectivity index (χ4v) is 1.55. The number of nitrogens with two attached hydrogens (primary N) is 1. The van der Waals surface area contributed by atoms with Gasteiger partial charge in [-0.1, -0.05) is 6.07 Å². The lowest BCUT2D eigenvalue weighted by Gasteiger charge is -2.12. The van der Waals surface area contributed by atoms with Crippen LogP contribution in [0.3, 0.4) is 0 Å². The lowest BCUT2D eigenvalue weighted by Crippen LogP contribution is -2.17. The van der Waals surface area contributed by atoms with Gasteiger partial charge in [-0.2, -0.15) is 0 Å². The molecule has 1 rings (SSSR count). The standard InChI is InChI=1S/C14H19NO2/c1-4-5-8-17-14-10-12(9-11(2)15)6-7-13(14)16-3/h1,6-7,10-11H,5,8-9,15H2,2-3H3. The van der Waals surface area contributed by atoms with Crippen molar-refractivity contribution in [2.24, 2.45) is 5.73 Å². The summed E-state index contributed by atoms with van der Waals surface area (Å²) in [6.45, 7) is 2.47. The summed E-state index contributed by atoms with van der Waals surface area (Å²) in [5.74, 6) is 3.98. The fourth-order valence-electron chi connectivity index (χ4n) is 1.55. The molecule has 1 atom stereocenters. The number of hydrogen-bond acceptors (Lipinski definition) is 3. The predicted octanol–water partition coefficient (Wildman–Crippen LogP) is 1.99. The highest BCUT2D eigenvalue weighted by molar-refractivity contribution is 5.43. The first kappa shape index (κ1) is 13.4. The third-order valence-corrected chi connectivity index (χ3v) is 2.29. The second-order valence-corrected chi connectivity index (χ2v) is 3.97. The van der Waals surface area contributed by atoms with E-state index in [0.717, 1.165) is 23.5 Å². The van der Waals surface area contributed by atoms with Gasteiger partial charge in [0.05, 0.1) is 13.7 Å². The first-order valence-corrected chi connectivity index (χ1v) is 5.66. The van der Waals surface area contributed by atoms with Gasteiger partial charge in [-0.25, -0.2) is 0 Å². The lowest BCUT2D eigenvalue weighted by atomic mass is 10.1. The minimum absolute atomic E-state index is 0.127. The van der Waals surface area contributed by atoms with Crippen LogP contribution in [0.15, 0.2) is 18.2 Å². The van der Waals surface area contributed by atoms with Crippen LogP contribution in [0, 0.1) is 12.3 Å². The minimum atomic E-state index is 0.127. The molecular formula is C14H19NO2. The molecule has 1 aromatic carbocycles. The monoisotopic (exact) mass is 233 g/mol. The van der Waals surface area contributed by atoms with Crippen LogP contribution in [0.1, 0.15) is 18.9 Å². The first-order valence-electron chi connectivity index (χ1n) is 5.66. The molecule has 0 heterocycles. The van der Waals surface area contributed by atoms with E-state index < -0.39 is 0 Å². The van der Waals surface area contributed by atoms with Gasteiger partial charge in [0.15, 0.2) is 11.5 Å². The summed E-state index contributed by atoms with van der Waals surface area (Å²) in [7, 11) is 1.62. The van der Waals surface area contributed by atoms with Crippen molar-refractivity contribution < 1.29 is 9.47 Å². The summed E-state index contributed by atoms with van der Waals surface area (Å²) in [6.07, 6.45) is 6.58. The number of hydrogen-bond donors (Lipinski definition) is 1. The zero-order chi connectivity index (χ0) is 12.7. The summed E-state index contributed by atoms with van der Waals surface area (Å²) < 4.78 is 10.8. The van der Waals surface area contributed by atoms with Gasteiger partial charge in [0.2, 0.25) is 0 Å². The van der Waals surface area contributed by atoms with Gasteiger partial charge in [-0.3, -0.25) is 0 Å². The van der Waals surface area contributed by atoms with Crippen LogP contribution >= 0.6 is 0 Å². The van der Waals surface area contributed by atoms with E-state index in [9.17, 15) is 0 Å². The van der Waals surface area contributed by atoms with Gasteiger partial charge < -0.3 is 15.2 Å². The van der Waals surface area contributed by atoms with E-state index in [2.05, 4.69) is 5.92 Å². The number of rotatable bonds is 6. The molecule has 0 saturated heterocycles. The number of methoxy groups -OCH3 is 1. The average Bonchev–Trinajstić information content (AvgIpc) is 2.29. The van der Waals surface area contributed by atoms with E-state index >= 15 is 0 Å². The molecule has 92 valence electrons. The molecule has 0 spiro atoms. The van der Waals surface area contributed by atoms with E-state index in [1.54, 1.807) is 7.11 Å². The van der Waals surface area contributed by atoms with Gasteiger partial charge in [0, 0.05) is 12.5 Å². The van der Waals surface area contributed by atoms with Gasteiger partial charge in [-0.15, -0.1) is 12.3 Å². The van der Waals surface area contributed by atoms with Crippen molar-refractivity contribution in [1.29, 1.82) is 0 Å². The maximum absolute atomic E-state index is 5.77. The third kappa shape index (κ3) is 4.38.